The summed E-state index contributed by atoms with van der Waals surface area (Å²) in [6.07, 6.45) is 8.94. The molecule has 4 heterocycles. The molecular weight excluding hydrogens is 384 g/mol. The summed E-state index contributed by atoms with van der Waals surface area (Å²) in [6.45, 7) is 0.266. The van der Waals surface area contributed by atoms with E-state index in [-0.39, 0.29) is 29.7 Å². The molecular formula is C21H22N6O3. The lowest BCUT2D eigenvalue weighted by Gasteiger charge is -2.24. The van der Waals surface area contributed by atoms with Crippen molar-refractivity contribution in [1.29, 1.82) is 0 Å². The van der Waals surface area contributed by atoms with Crippen LogP contribution in [0.25, 0.3) is 27.8 Å². The fraction of sp³-hybridized carbons (Fsp3) is 0.381. The molecule has 0 aliphatic heterocycles. The van der Waals surface area contributed by atoms with E-state index in [0.29, 0.717) is 27.6 Å². The van der Waals surface area contributed by atoms with Crippen molar-refractivity contribution in [3.05, 3.63) is 57.1 Å². The summed E-state index contributed by atoms with van der Waals surface area (Å²) in [4.78, 5) is 35.1. The molecule has 5 rings (SSSR count). The quantitative estimate of drug-likeness (QED) is 0.522. The molecule has 1 fully saturated rings. The van der Waals surface area contributed by atoms with Gasteiger partial charge in [-0.3, -0.25) is 14.7 Å². The second-order valence-electron chi connectivity index (χ2n) is 7.68. The van der Waals surface area contributed by atoms with E-state index in [9.17, 15) is 9.59 Å². The van der Waals surface area contributed by atoms with E-state index in [1.54, 1.807) is 25.4 Å². The minimum atomic E-state index is -0.322. The van der Waals surface area contributed by atoms with E-state index < -0.39 is 0 Å². The summed E-state index contributed by atoms with van der Waals surface area (Å²) in [5.41, 5.74) is 0.712. The van der Waals surface area contributed by atoms with Crippen molar-refractivity contribution < 1.29 is 4.74 Å². The van der Waals surface area contributed by atoms with E-state index in [1.807, 2.05) is 16.8 Å². The smallest absolute Gasteiger partial charge is 0.267 e. The van der Waals surface area contributed by atoms with Gasteiger partial charge >= 0.3 is 0 Å². The van der Waals surface area contributed by atoms with Gasteiger partial charge in [-0.25, -0.2) is 9.55 Å². The average molecular weight is 406 g/mol. The van der Waals surface area contributed by atoms with E-state index in [2.05, 4.69) is 20.2 Å². The van der Waals surface area contributed by atoms with Gasteiger partial charge in [-0.15, -0.1) is 5.10 Å². The molecule has 154 valence electrons. The van der Waals surface area contributed by atoms with Gasteiger partial charge in [-0.05, 0) is 31.0 Å². The zero-order chi connectivity index (χ0) is 20.7. The van der Waals surface area contributed by atoms with Gasteiger partial charge in [0.25, 0.3) is 17.1 Å². The molecule has 1 aliphatic carbocycles. The van der Waals surface area contributed by atoms with Gasteiger partial charge in [0.1, 0.15) is 6.61 Å². The third-order valence-electron chi connectivity index (χ3n) is 5.75. The summed E-state index contributed by atoms with van der Waals surface area (Å²) < 4.78 is 8.18. The maximum absolute atomic E-state index is 13.2. The Balaban J connectivity index is 1.66. The number of pyridine rings is 3. The van der Waals surface area contributed by atoms with E-state index in [4.69, 9.17) is 4.74 Å². The second kappa shape index (κ2) is 7.49. The summed E-state index contributed by atoms with van der Waals surface area (Å²) >= 11 is 0. The predicted octanol–water partition coefficient (Wildman–Crippen LogP) is 2.47. The van der Waals surface area contributed by atoms with Crippen molar-refractivity contribution in [2.24, 2.45) is 0 Å². The molecule has 0 unspecified atom stereocenters. The van der Waals surface area contributed by atoms with Gasteiger partial charge < -0.3 is 9.30 Å². The van der Waals surface area contributed by atoms with Crippen molar-refractivity contribution in [3.63, 3.8) is 0 Å². The molecule has 1 N–H and O–H groups in total. The van der Waals surface area contributed by atoms with Crippen LogP contribution in [0.2, 0.25) is 0 Å². The Bertz CT molecular complexity index is 1350. The zero-order valence-corrected chi connectivity index (χ0v) is 16.7. The standard InChI is InChI=1S/C21H22N6O3/c1-30-12-18-23-21(25-24-18)27-10-8-17-15(20(27)29)11-14-16(22-17)7-9-26(19(14)28)13-5-3-2-4-6-13/h7-11,13H,2-6,12H2,1H3,(H,23,24,25). The molecule has 0 amide bonds. The highest BCUT2D eigenvalue weighted by Gasteiger charge is 2.18. The van der Waals surface area contributed by atoms with Crippen LogP contribution in [0.5, 0.6) is 0 Å². The largest absolute Gasteiger partial charge is 0.377 e. The lowest BCUT2D eigenvalue weighted by atomic mass is 9.95. The normalized spacial score (nSPS) is 15.2. The first-order valence-electron chi connectivity index (χ1n) is 10.1. The lowest BCUT2D eigenvalue weighted by Crippen LogP contribution is -2.26. The second-order valence-corrected chi connectivity index (χ2v) is 7.68. The number of hydrogen-bond acceptors (Lipinski definition) is 6. The van der Waals surface area contributed by atoms with Crippen LogP contribution in [0, 0.1) is 0 Å². The first kappa shape index (κ1) is 18.7. The van der Waals surface area contributed by atoms with Gasteiger partial charge in [0.05, 0.1) is 21.8 Å². The molecule has 30 heavy (non-hydrogen) atoms. The topological polar surface area (TPSA) is 108 Å². The molecule has 9 heteroatoms. The van der Waals surface area contributed by atoms with Gasteiger partial charge in [0, 0.05) is 25.5 Å². The number of fused-ring (bicyclic) bond motifs is 2. The van der Waals surface area contributed by atoms with Crippen LogP contribution in [0.3, 0.4) is 0 Å². The Hall–Kier alpha value is -3.33. The van der Waals surface area contributed by atoms with Gasteiger partial charge in [0.2, 0.25) is 0 Å². The number of nitrogens with zero attached hydrogens (tertiary/aromatic N) is 5. The highest BCUT2D eigenvalue weighted by atomic mass is 16.5. The average Bonchev–Trinajstić information content (AvgIpc) is 3.23. The van der Waals surface area contributed by atoms with Crippen LogP contribution in [0.15, 0.2) is 40.2 Å². The number of H-pyrrole nitrogens is 1. The molecule has 0 saturated heterocycles. The molecule has 1 aliphatic rings. The monoisotopic (exact) mass is 406 g/mol. The Labute approximate surface area is 171 Å². The number of methoxy groups -OCH3 is 1. The number of aromatic amines is 1. The van der Waals surface area contributed by atoms with E-state index in [1.165, 1.54) is 11.0 Å². The van der Waals surface area contributed by atoms with Crippen LogP contribution in [0.1, 0.15) is 44.0 Å². The van der Waals surface area contributed by atoms with Crippen molar-refractivity contribution in [1.82, 2.24) is 29.3 Å². The third-order valence-corrected chi connectivity index (χ3v) is 5.75. The van der Waals surface area contributed by atoms with E-state index in [0.717, 1.165) is 25.7 Å². The van der Waals surface area contributed by atoms with Crippen LogP contribution in [-0.4, -0.2) is 36.4 Å². The van der Waals surface area contributed by atoms with Crippen molar-refractivity contribution in [2.75, 3.05) is 7.11 Å². The SMILES string of the molecule is COCc1nc(-n2ccc3nc4ccn(C5CCCCC5)c(=O)c4cc3c2=O)n[nH]1. The molecule has 0 aromatic carbocycles. The van der Waals surface area contributed by atoms with Gasteiger partial charge in [-0.2, -0.15) is 4.98 Å². The fourth-order valence-corrected chi connectivity index (χ4v) is 4.24. The fourth-order valence-electron chi connectivity index (χ4n) is 4.24. The Morgan fingerprint density at radius 1 is 1.03 bits per heavy atom. The lowest BCUT2D eigenvalue weighted by molar-refractivity contribution is 0.178. The van der Waals surface area contributed by atoms with Crippen molar-refractivity contribution in [3.8, 4) is 5.95 Å². The van der Waals surface area contributed by atoms with E-state index >= 15 is 0 Å². The minimum Gasteiger partial charge on any atom is -0.377 e. The maximum Gasteiger partial charge on any atom is 0.267 e. The molecule has 9 nitrogen and oxygen atoms in total. The Kier molecular flexibility index (Phi) is 4.66. The summed E-state index contributed by atoms with van der Waals surface area (Å²) in [5.74, 6) is 0.744. The highest BCUT2D eigenvalue weighted by molar-refractivity contribution is 5.91. The Morgan fingerprint density at radius 2 is 1.77 bits per heavy atom. The molecule has 0 spiro atoms. The van der Waals surface area contributed by atoms with Crippen molar-refractivity contribution >= 4 is 21.8 Å². The number of nitrogens with one attached hydrogen (secondary N) is 1. The minimum absolute atomic E-state index is 0.0936. The number of rotatable bonds is 4. The van der Waals surface area contributed by atoms with Crippen LogP contribution in [0.4, 0.5) is 0 Å². The van der Waals surface area contributed by atoms with Crippen molar-refractivity contribution in [2.45, 2.75) is 44.8 Å². The molecule has 4 aromatic heterocycles. The number of aromatic nitrogens is 6. The number of ether oxygens (including phenoxy) is 1. The summed E-state index contributed by atoms with van der Waals surface area (Å²) in [5, 5.41) is 7.66. The van der Waals surface area contributed by atoms with Gasteiger partial charge in [0.15, 0.2) is 5.82 Å². The van der Waals surface area contributed by atoms with Crippen LogP contribution >= 0.6 is 0 Å². The van der Waals surface area contributed by atoms with Crippen LogP contribution in [-0.2, 0) is 11.3 Å². The summed E-state index contributed by atoms with van der Waals surface area (Å²) in [7, 11) is 1.56. The highest BCUT2D eigenvalue weighted by Crippen LogP contribution is 2.27. The van der Waals surface area contributed by atoms with Crippen LogP contribution < -0.4 is 11.1 Å². The first-order valence-corrected chi connectivity index (χ1v) is 10.1. The Morgan fingerprint density at radius 3 is 2.53 bits per heavy atom. The molecule has 1 saturated carbocycles. The summed E-state index contributed by atoms with van der Waals surface area (Å²) in [6, 6.07) is 5.46. The van der Waals surface area contributed by atoms with Gasteiger partial charge in [-0.1, -0.05) is 19.3 Å². The number of hydrogen-bond donors (Lipinski definition) is 1. The predicted molar refractivity (Wildman–Crippen MR) is 112 cm³/mol. The molecule has 4 aromatic rings. The first-order chi connectivity index (χ1) is 14.7. The molecule has 0 bridgehead atoms. The third kappa shape index (κ3) is 3.11. The molecule has 0 radical (unpaired) electrons. The maximum atomic E-state index is 13.2. The zero-order valence-electron chi connectivity index (χ0n) is 16.7. The molecule has 0 atom stereocenters.